The number of nitrogens with zero attached hydrogens (tertiary/aromatic N) is 4. The molecule has 2 aromatic heterocycles. The van der Waals surface area contributed by atoms with Crippen molar-refractivity contribution in [1.29, 1.82) is 0 Å². The molecule has 7 heteroatoms. The van der Waals surface area contributed by atoms with E-state index in [0.717, 1.165) is 51.1 Å². The van der Waals surface area contributed by atoms with Gasteiger partial charge in [-0.25, -0.2) is 0 Å². The van der Waals surface area contributed by atoms with E-state index in [1.165, 1.54) is 5.57 Å². The van der Waals surface area contributed by atoms with Crippen LogP contribution in [0.15, 0.2) is 35.9 Å². The maximum atomic E-state index is 14.1. The van der Waals surface area contributed by atoms with Gasteiger partial charge in [-0.15, -0.1) is 0 Å². The normalized spacial score (nSPS) is 19.8. The minimum absolute atomic E-state index is 0.0304. The Labute approximate surface area is 217 Å². The standard InChI is InChI=1S/C29H35ClN4O2/c1-17-8-10-21(11-9-17)16-33-18(2)15-34-27-23(22(7-6-14-35)28(34)29(33)36)12-13-24(30)26(27)25-19(3)31-32(5)20(25)4/h8,10-13,17-18,35H,6-7,9,14-16H2,1-5H3/t17?,18-/m1/s1. The fraction of sp³-hybridized carbons (Fsp3) is 0.448. The highest BCUT2D eigenvalue weighted by molar-refractivity contribution is 6.35. The van der Waals surface area contributed by atoms with Crippen LogP contribution in [0.2, 0.25) is 5.02 Å². The molecule has 1 aliphatic carbocycles. The van der Waals surface area contributed by atoms with Crippen LogP contribution in [0, 0.1) is 19.8 Å². The highest BCUT2D eigenvalue weighted by atomic mass is 35.5. The quantitative estimate of drug-likeness (QED) is 0.473. The number of carbonyl (C=O) groups is 1. The maximum Gasteiger partial charge on any atom is 0.271 e. The SMILES string of the molecule is Cc1nn(C)c(C)c1-c1c(Cl)ccc2c(CCCO)c3n(c12)C[C@@H](C)N(CC1=CCC(C)C=C1)C3=O. The maximum absolute atomic E-state index is 14.1. The second-order valence-corrected chi connectivity index (χ2v) is 10.8. The van der Waals surface area contributed by atoms with Gasteiger partial charge in [0.2, 0.25) is 0 Å². The van der Waals surface area contributed by atoms with Crippen molar-refractivity contribution in [3.8, 4) is 11.1 Å². The fourth-order valence-corrected chi connectivity index (χ4v) is 6.06. The minimum Gasteiger partial charge on any atom is -0.396 e. The van der Waals surface area contributed by atoms with Crippen molar-refractivity contribution < 1.29 is 9.90 Å². The van der Waals surface area contributed by atoms with Gasteiger partial charge in [-0.3, -0.25) is 9.48 Å². The minimum atomic E-state index is 0.0304. The molecule has 1 aromatic carbocycles. The van der Waals surface area contributed by atoms with Crippen LogP contribution in [0.25, 0.3) is 22.0 Å². The summed E-state index contributed by atoms with van der Waals surface area (Å²) in [7, 11) is 1.94. The zero-order chi connectivity index (χ0) is 25.7. The van der Waals surface area contributed by atoms with Crippen molar-refractivity contribution in [1.82, 2.24) is 19.2 Å². The van der Waals surface area contributed by atoms with E-state index in [4.69, 9.17) is 11.6 Å². The number of benzene rings is 1. The second kappa shape index (κ2) is 9.56. The van der Waals surface area contributed by atoms with Gasteiger partial charge in [0, 0.05) is 55.0 Å². The van der Waals surface area contributed by atoms with E-state index < -0.39 is 0 Å². The van der Waals surface area contributed by atoms with Crippen molar-refractivity contribution in [3.63, 3.8) is 0 Å². The number of hydrogen-bond acceptors (Lipinski definition) is 3. The molecule has 2 atom stereocenters. The number of aliphatic hydroxyl groups is 1. The summed E-state index contributed by atoms with van der Waals surface area (Å²) in [4.78, 5) is 16.1. The number of rotatable bonds is 6. The molecule has 5 rings (SSSR count). The van der Waals surface area contributed by atoms with Gasteiger partial charge < -0.3 is 14.6 Å². The summed E-state index contributed by atoms with van der Waals surface area (Å²) in [6.45, 7) is 9.77. The Bertz CT molecular complexity index is 1410. The van der Waals surface area contributed by atoms with Crippen LogP contribution in [0.4, 0.5) is 0 Å². The number of fused-ring (bicyclic) bond motifs is 3. The summed E-state index contributed by atoms with van der Waals surface area (Å²) in [6, 6.07) is 4.00. The Balaban J connectivity index is 1.71. The third-order valence-electron chi connectivity index (χ3n) is 7.81. The summed E-state index contributed by atoms with van der Waals surface area (Å²) in [5.74, 6) is 0.589. The molecule has 3 heterocycles. The molecule has 36 heavy (non-hydrogen) atoms. The van der Waals surface area contributed by atoms with E-state index in [-0.39, 0.29) is 18.6 Å². The van der Waals surface area contributed by atoms with E-state index in [2.05, 4.69) is 48.7 Å². The molecule has 190 valence electrons. The number of amides is 1. The molecule has 0 saturated heterocycles. The Hall–Kier alpha value is -2.83. The van der Waals surface area contributed by atoms with E-state index in [1.807, 2.05) is 35.7 Å². The van der Waals surface area contributed by atoms with Gasteiger partial charge in [-0.05, 0) is 63.2 Å². The number of aromatic nitrogens is 3. The van der Waals surface area contributed by atoms with Crippen LogP contribution in [-0.2, 0) is 20.0 Å². The first kappa shape index (κ1) is 24.8. The van der Waals surface area contributed by atoms with Gasteiger partial charge in [0.15, 0.2) is 0 Å². The monoisotopic (exact) mass is 506 g/mol. The first-order valence-electron chi connectivity index (χ1n) is 12.9. The van der Waals surface area contributed by atoms with Crippen molar-refractivity contribution in [2.75, 3.05) is 13.2 Å². The van der Waals surface area contributed by atoms with E-state index in [9.17, 15) is 9.90 Å². The van der Waals surface area contributed by atoms with Crippen LogP contribution < -0.4 is 0 Å². The van der Waals surface area contributed by atoms with Gasteiger partial charge in [-0.2, -0.15) is 5.10 Å². The molecule has 0 radical (unpaired) electrons. The van der Waals surface area contributed by atoms with Gasteiger partial charge in [0.05, 0.1) is 16.2 Å². The lowest BCUT2D eigenvalue weighted by Crippen LogP contribution is -2.47. The zero-order valence-corrected chi connectivity index (χ0v) is 22.6. The predicted molar refractivity (Wildman–Crippen MR) is 146 cm³/mol. The highest BCUT2D eigenvalue weighted by Crippen LogP contribution is 2.43. The second-order valence-electron chi connectivity index (χ2n) is 10.4. The van der Waals surface area contributed by atoms with Gasteiger partial charge in [0.1, 0.15) is 5.69 Å². The lowest BCUT2D eigenvalue weighted by atomic mass is 9.97. The first-order valence-corrected chi connectivity index (χ1v) is 13.2. The zero-order valence-electron chi connectivity index (χ0n) is 21.8. The van der Waals surface area contributed by atoms with Crippen molar-refractivity contribution in [2.45, 2.75) is 59.5 Å². The number of allylic oxidation sites excluding steroid dienone is 2. The Morgan fingerprint density at radius 3 is 2.61 bits per heavy atom. The number of carbonyl (C=O) groups excluding carboxylic acids is 1. The van der Waals surface area contributed by atoms with Crippen LogP contribution in [0.1, 0.15) is 54.1 Å². The molecule has 0 fully saturated rings. The molecule has 0 bridgehead atoms. The number of aliphatic hydroxyl groups excluding tert-OH is 1. The number of aryl methyl sites for hydroxylation is 3. The first-order chi connectivity index (χ1) is 17.2. The largest absolute Gasteiger partial charge is 0.396 e. The molecule has 3 aromatic rings. The number of halogens is 1. The molecule has 6 nitrogen and oxygen atoms in total. The molecule has 0 spiro atoms. The third kappa shape index (κ3) is 4.00. The molecular weight excluding hydrogens is 472 g/mol. The van der Waals surface area contributed by atoms with Crippen LogP contribution >= 0.6 is 11.6 Å². The Morgan fingerprint density at radius 1 is 1.19 bits per heavy atom. The van der Waals surface area contributed by atoms with Gasteiger partial charge in [-0.1, -0.05) is 42.8 Å². The topological polar surface area (TPSA) is 63.3 Å². The van der Waals surface area contributed by atoms with Crippen LogP contribution in [-0.4, -0.2) is 49.5 Å². The van der Waals surface area contributed by atoms with Crippen LogP contribution in [0.3, 0.4) is 0 Å². The van der Waals surface area contributed by atoms with Crippen molar-refractivity contribution in [3.05, 3.63) is 63.6 Å². The molecule has 1 N–H and O–H groups in total. The molecule has 2 aliphatic rings. The summed E-state index contributed by atoms with van der Waals surface area (Å²) in [5, 5.41) is 16.0. The average molecular weight is 507 g/mol. The van der Waals surface area contributed by atoms with Crippen molar-refractivity contribution >= 4 is 28.4 Å². The van der Waals surface area contributed by atoms with Gasteiger partial charge >= 0.3 is 0 Å². The summed E-state index contributed by atoms with van der Waals surface area (Å²) in [6.07, 6.45) is 8.89. The fourth-order valence-electron chi connectivity index (χ4n) is 5.81. The smallest absolute Gasteiger partial charge is 0.271 e. The van der Waals surface area contributed by atoms with E-state index in [1.54, 1.807) is 0 Å². The van der Waals surface area contributed by atoms with Crippen molar-refractivity contribution in [2.24, 2.45) is 13.0 Å². The molecule has 1 unspecified atom stereocenters. The third-order valence-corrected chi connectivity index (χ3v) is 8.12. The lowest BCUT2D eigenvalue weighted by Gasteiger charge is -2.36. The predicted octanol–water partition coefficient (Wildman–Crippen LogP) is 5.60. The highest BCUT2D eigenvalue weighted by Gasteiger charge is 2.36. The molecular formula is C29H35ClN4O2. The van der Waals surface area contributed by atoms with E-state index in [0.29, 0.717) is 36.9 Å². The molecule has 1 aliphatic heterocycles. The summed E-state index contributed by atoms with van der Waals surface area (Å²) in [5.41, 5.74) is 7.84. The Kier molecular flexibility index (Phi) is 6.60. The Morgan fingerprint density at radius 2 is 1.97 bits per heavy atom. The summed E-state index contributed by atoms with van der Waals surface area (Å²) >= 11 is 6.89. The molecule has 1 amide bonds. The van der Waals surface area contributed by atoms with Gasteiger partial charge in [0.25, 0.3) is 5.91 Å². The molecule has 0 saturated carbocycles. The van der Waals surface area contributed by atoms with E-state index >= 15 is 0 Å². The number of hydrogen-bond donors (Lipinski definition) is 1. The average Bonchev–Trinajstić information content (AvgIpc) is 3.29. The lowest BCUT2D eigenvalue weighted by molar-refractivity contribution is 0.0639. The van der Waals surface area contributed by atoms with Crippen LogP contribution in [0.5, 0.6) is 0 Å². The summed E-state index contributed by atoms with van der Waals surface area (Å²) < 4.78 is 4.07.